The average molecular weight is 1170 g/mol. The van der Waals surface area contributed by atoms with E-state index in [1.54, 1.807) is 0 Å². The summed E-state index contributed by atoms with van der Waals surface area (Å²) in [5.74, 6) is -0.708. The lowest BCUT2D eigenvalue weighted by atomic mass is 9.98. The minimum atomic E-state index is -1.67. The third kappa shape index (κ3) is 47.8. The number of hydrogen-bond donors (Lipinski definition) is 8. The molecular weight excluding hydrogens is 1040 g/mol. The van der Waals surface area contributed by atoms with Crippen molar-refractivity contribution in [2.45, 2.75) is 390 Å². The molecule has 11 heteroatoms. The average Bonchev–Trinajstić information content (AvgIpc) is 3.68. The van der Waals surface area contributed by atoms with Crippen LogP contribution in [0.2, 0.25) is 0 Å². The van der Waals surface area contributed by atoms with Gasteiger partial charge in [0.1, 0.15) is 36.6 Å². The van der Waals surface area contributed by atoms with Gasteiger partial charge in [0.2, 0.25) is 5.91 Å². The summed E-state index contributed by atoms with van der Waals surface area (Å²) in [5, 5.41) is 76.5. The van der Waals surface area contributed by atoms with Gasteiger partial charge in [-0.3, -0.25) is 4.79 Å². The fourth-order valence-corrected chi connectivity index (χ4v) is 11.4. The number of nitrogens with one attached hydrogen (secondary N) is 1. The summed E-state index contributed by atoms with van der Waals surface area (Å²) >= 11 is 0. The number of hydrogen-bond acceptors (Lipinski definition) is 10. The van der Waals surface area contributed by atoms with Gasteiger partial charge in [-0.05, 0) is 89.9 Å². The molecule has 1 aliphatic rings. The highest BCUT2D eigenvalue weighted by molar-refractivity contribution is 5.80. The molecule has 11 nitrogen and oxygen atoms in total. The molecule has 1 rings (SSSR count). The highest BCUT2D eigenvalue weighted by atomic mass is 16.7. The molecule has 9 atom stereocenters. The first-order valence-electron chi connectivity index (χ1n) is 35.5. The first-order chi connectivity index (χ1) is 40.7. The molecule has 0 aromatic heterocycles. The Labute approximate surface area is 510 Å². The Kier molecular flexibility index (Phi) is 57.5. The molecule has 1 aliphatic heterocycles. The van der Waals surface area contributed by atoms with Crippen LogP contribution >= 0.6 is 0 Å². The summed E-state index contributed by atoms with van der Waals surface area (Å²) in [6, 6.07) is -1.20. The first-order valence-corrected chi connectivity index (χ1v) is 35.5. The van der Waals surface area contributed by atoms with E-state index in [0.29, 0.717) is 19.3 Å². The second-order valence-electron chi connectivity index (χ2n) is 24.9. The van der Waals surface area contributed by atoms with Crippen molar-refractivity contribution in [1.29, 1.82) is 0 Å². The van der Waals surface area contributed by atoms with Crippen LogP contribution in [0.3, 0.4) is 0 Å². The van der Waals surface area contributed by atoms with Crippen LogP contribution in [0, 0.1) is 0 Å². The van der Waals surface area contributed by atoms with E-state index in [9.17, 15) is 40.5 Å². The maximum Gasteiger partial charge on any atom is 0.249 e. The summed E-state index contributed by atoms with van der Waals surface area (Å²) in [6.07, 6.45) is 67.7. The van der Waals surface area contributed by atoms with E-state index in [1.807, 2.05) is 0 Å². The second kappa shape index (κ2) is 60.4. The van der Waals surface area contributed by atoms with E-state index in [2.05, 4.69) is 67.8 Å². The topological polar surface area (TPSA) is 189 Å². The van der Waals surface area contributed by atoms with Crippen molar-refractivity contribution in [3.8, 4) is 0 Å². The van der Waals surface area contributed by atoms with Gasteiger partial charge in [-0.15, -0.1) is 0 Å². The fraction of sp³-hybridized carbons (Fsp3) is 0.875. The number of aliphatic hydroxyl groups excluding tert-OH is 7. The molecule has 0 radical (unpaired) electrons. The number of allylic oxidation sites excluding steroid dienone is 8. The van der Waals surface area contributed by atoms with E-state index >= 15 is 0 Å². The molecule has 9 unspecified atom stereocenters. The molecule has 1 saturated heterocycles. The van der Waals surface area contributed by atoms with Gasteiger partial charge >= 0.3 is 0 Å². The number of aliphatic hydroxyl groups is 7. The number of ether oxygens (including phenoxy) is 2. The zero-order valence-electron chi connectivity index (χ0n) is 53.9. The van der Waals surface area contributed by atoms with Gasteiger partial charge in [-0.1, -0.05) is 294 Å². The highest BCUT2D eigenvalue weighted by Gasteiger charge is 2.44. The Morgan fingerprint density at radius 1 is 0.410 bits per heavy atom. The number of carbonyl (C=O) groups excluding carboxylic acids is 1. The second-order valence-corrected chi connectivity index (χ2v) is 24.9. The largest absolute Gasteiger partial charge is 0.394 e. The molecule has 1 fully saturated rings. The predicted molar refractivity (Wildman–Crippen MR) is 348 cm³/mol. The summed E-state index contributed by atoms with van der Waals surface area (Å²) in [6.45, 7) is 3.48. The van der Waals surface area contributed by atoms with E-state index in [-0.39, 0.29) is 12.8 Å². The van der Waals surface area contributed by atoms with Crippen LogP contribution in [0.25, 0.3) is 0 Å². The number of rotatable bonds is 62. The van der Waals surface area contributed by atoms with Gasteiger partial charge in [0.05, 0.1) is 25.4 Å². The Balaban J connectivity index is 2.23. The molecule has 0 saturated carbocycles. The van der Waals surface area contributed by atoms with E-state index in [0.717, 1.165) is 44.9 Å². The van der Waals surface area contributed by atoms with Crippen molar-refractivity contribution in [2.75, 3.05) is 13.2 Å². The van der Waals surface area contributed by atoms with Crippen LogP contribution < -0.4 is 5.32 Å². The zero-order valence-corrected chi connectivity index (χ0v) is 53.9. The molecule has 0 spiro atoms. The molecule has 488 valence electrons. The van der Waals surface area contributed by atoms with Crippen molar-refractivity contribution in [2.24, 2.45) is 0 Å². The molecular formula is C72H135NO10. The lowest BCUT2D eigenvalue weighted by molar-refractivity contribution is -0.303. The van der Waals surface area contributed by atoms with Crippen molar-refractivity contribution in [1.82, 2.24) is 5.32 Å². The van der Waals surface area contributed by atoms with Gasteiger partial charge in [0, 0.05) is 0 Å². The van der Waals surface area contributed by atoms with Gasteiger partial charge < -0.3 is 50.5 Å². The van der Waals surface area contributed by atoms with Gasteiger partial charge in [-0.25, -0.2) is 0 Å². The van der Waals surface area contributed by atoms with Crippen LogP contribution in [0.1, 0.15) is 335 Å². The summed E-state index contributed by atoms with van der Waals surface area (Å²) < 4.78 is 11.2. The minimum Gasteiger partial charge on any atom is -0.394 e. The molecule has 0 aromatic rings. The molecule has 0 aromatic carbocycles. The van der Waals surface area contributed by atoms with Gasteiger partial charge in [0.25, 0.3) is 0 Å². The third-order valence-electron chi connectivity index (χ3n) is 17.1. The van der Waals surface area contributed by atoms with Crippen molar-refractivity contribution >= 4 is 5.91 Å². The lowest BCUT2D eigenvalue weighted by Gasteiger charge is -2.40. The Hall–Kier alpha value is -1.93. The van der Waals surface area contributed by atoms with E-state index in [4.69, 9.17) is 9.47 Å². The van der Waals surface area contributed by atoms with Crippen molar-refractivity contribution < 1.29 is 50.0 Å². The van der Waals surface area contributed by atoms with Gasteiger partial charge in [-0.2, -0.15) is 0 Å². The fourth-order valence-electron chi connectivity index (χ4n) is 11.4. The number of amides is 1. The first kappa shape index (κ1) is 79.1. The number of carbonyl (C=O) groups is 1. The molecule has 0 bridgehead atoms. The van der Waals surface area contributed by atoms with Gasteiger partial charge in [0.15, 0.2) is 6.29 Å². The molecule has 1 amide bonds. The smallest absolute Gasteiger partial charge is 0.249 e. The predicted octanol–water partition coefficient (Wildman–Crippen LogP) is 17.1. The van der Waals surface area contributed by atoms with Crippen LogP contribution in [0.5, 0.6) is 0 Å². The summed E-state index contributed by atoms with van der Waals surface area (Å²) in [4.78, 5) is 13.2. The molecule has 0 aliphatic carbocycles. The maximum absolute atomic E-state index is 13.2. The standard InChI is InChI=1S/C72H135NO10/c1-3-5-7-9-11-13-15-17-19-21-23-25-27-29-31-32-33-34-36-38-40-42-44-46-48-50-52-54-56-58-60-65(76)71(81)73-63(62-82-72-70(80)69(79)68(78)66(61-74)83-72)67(77)64(75)59-57-55-53-51-49-47-45-43-41-39-37-35-30-28-26-24-22-20-18-16-14-12-10-8-6-4-2/h29,31,35,37,43,45,51,53,63-70,72,74-80H,3-28,30,32-34,36,38-42,44,46-50,52,54-62H2,1-2H3,(H,73,81)/b31-29-,37-35+,45-43+,53-51+. The van der Waals surface area contributed by atoms with Crippen molar-refractivity contribution in [3.05, 3.63) is 48.6 Å². The van der Waals surface area contributed by atoms with Crippen LogP contribution in [-0.4, -0.2) is 110 Å². The lowest BCUT2D eigenvalue weighted by Crippen LogP contribution is -2.60. The number of unbranched alkanes of at least 4 members (excludes halogenated alkanes) is 42. The minimum absolute atomic E-state index is 0.241. The molecule has 1 heterocycles. The monoisotopic (exact) mass is 1170 g/mol. The van der Waals surface area contributed by atoms with Crippen LogP contribution in [0.4, 0.5) is 0 Å². The quantitative estimate of drug-likeness (QED) is 0.0215. The SMILES string of the molecule is CCCCCCCCCCCCCC/C=C\CCCCCCCCCCCCCCCCC(O)C(=O)NC(COC1OC(CO)C(O)C(O)C1O)C(O)C(O)CCC/C=C/CC/C=C/CC/C=C/CCCCCCCCCCCCCCC. The summed E-state index contributed by atoms with van der Waals surface area (Å²) in [7, 11) is 0. The van der Waals surface area contributed by atoms with Crippen LogP contribution in [0.15, 0.2) is 48.6 Å². The maximum atomic E-state index is 13.2. The molecule has 83 heavy (non-hydrogen) atoms. The van der Waals surface area contributed by atoms with Crippen LogP contribution in [-0.2, 0) is 14.3 Å². The van der Waals surface area contributed by atoms with Crippen molar-refractivity contribution in [3.63, 3.8) is 0 Å². The Morgan fingerprint density at radius 2 is 0.723 bits per heavy atom. The summed E-state index contributed by atoms with van der Waals surface area (Å²) in [5.41, 5.74) is 0. The Morgan fingerprint density at radius 3 is 1.07 bits per heavy atom. The third-order valence-corrected chi connectivity index (χ3v) is 17.1. The highest BCUT2D eigenvalue weighted by Crippen LogP contribution is 2.24. The van der Waals surface area contributed by atoms with E-state index in [1.165, 1.54) is 244 Å². The molecule has 8 N–H and O–H groups in total. The van der Waals surface area contributed by atoms with E-state index < -0.39 is 74.2 Å². The Bertz CT molecular complexity index is 1490. The zero-order chi connectivity index (χ0) is 60.3. The normalized spacial score (nSPS) is 19.3.